The first-order valence-electron chi connectivity index (χ1n) is 6.21. The highest BCUT2D eigenvalue weighted by molar-refractivity contribution is 9.10. The summed E-state index contributed by atoms with van der Waals surface area (Å²) in [5.74, 6) is 0.338. The van der Waals surface area contributed by atoms with Crippen molar-refractivity contribution in [2.45, 2.75) is 11.8 Å². The number of aldehydes is 1. The molecule has 2 aromatic rings. The Hall–Kier alpha value is -1.86. The average Bonchev–Trinajstić information content (AvgIpc) is 2.49. The van der Waals surface area contributed by atoms with Gasteiger partial charge >= 0.3 is 10.1 Å². The van der Waals surface area contributed by atoms with Crippen LogP contribution in [0.2, 0.25) is 0 Å². The van der Waals surface area contributed by atoms with Gasteiger partial charge in [-0.05, 0) is 47.1 Å². The predicted molar refractivity (Wildman–Crippen MR) is 85.1 cm³/mol. The minimum atomic E-state index is -4.03. The second-order valence-corrected chi connectivity index (χ2v) is 6.90. The van der Waals surface area contributed by atoms with E-state index in [2.05, 4.69) is 15.9 Å². The first kappa shape index (κ1) is 16.5. The lowest BCUT2D eigenvalue weighted by Crippen LogP contribution is -2.11. The van der Waals surface area contributed by atoms with Crippen molar-refractivity contribution in [1.29, 1.82) is 0 Å². The number of hydrogen-bond donors (Lipinski definition) is 0. The second kappa shape index (κ2) is 6.50. The molecule has 7 heteroatoms. The Morgan fingerprint density at radius 1 is 1.14 bits per heavy atom. The molecule has 0 amide bonds. The molecule has 0 spiro atoms. The van der Waals surface area contributed by atoms with Gasteiger partial charge in [0.1, 0.15) is 10.6 Å². The maximum absolute atomic E-state index is 12.3. The smallest absolute Gasteiger partial charge is 0.339 e. The Morgan fingerprint density at radius 3 is 2.32 bits per heavy atom. The zero-order valence-electron chi connectivity index (χ0n) is 11.9. The van der Waals surface area contributed by atoms with Crippen molar-refractivity contribution in [2.75, 3.05) is 7.11 Å². The number of halogens is 1. The Labute approximate surface area is 137 Å². The van der Waals surface area contributed by atoms with Gasteiger partial charge in [-0.25, -0.2) is 0 Å². The predicted octanol–water partition coefficient (Wildman–Crippen LogP) is 3.35. The molecule has 2 rings (SSSR count). The third kappa shape index (κ3) is 3.48. The molecule has 0 aliphatic carbocycles. The molecule has 116 valence electrons. The maximum atomic E-state index is 12.3. The van der Waals surface area contributed by atoms with Gasteiger partial charge in [0.05, 0.1) is 17.1 Å². The molecule has 0 bridgehead atoms. The van der Waals surface area contributed by atoms with E-state index in [1.807, 2.05) is 6.92 Å². The van der Waals surface area contributed by atoms with Crippen molar-refractivity contribution in [3.63, 3.8) is 0 Å². The summed E-state index contributed by atoms with van der Waals surface area (Å²) in [5.41, 5.74) is 1.00. The number of benzene rings is 2. The number of methoxy groups -OCH3 is 1. The van der Waals surface area contributed by atoms with E-state index in [1.165, 1.54) is 31.4 Å². The van der Waals surface area contributed by atoms with E-state index >= 15 is 0 Å². The lowest BCUT2D eigenvalue weighted by atomic mass is 10.2. The van der Waals surface area contributed by atoms with Gasteiger partial charge in [0.2, 0.25) is 0 Å². The fraction of sp³-hybridized carbons (Fsp3) is 0.133. The van der Waals surface area contributed by atoms with Crippen LogP contribution in [0, 0.1) is 6.92 Å². The Morgan fingerprint density at radius 2 is 1.77 bits per heavy atom. The minimum absolute atomic E-state index is 0.0117. The molecule has 0 atom stereocenters. The van der Waals surface area contributed by atoms with E-state index in [1.54, 1.807) is 12.1 Å². The van der Waals surface area contributed by atoms with E-state index < -0.39 is 10.1 Å². The summed E-state index contributed by atoms with van der Waals surface area (Å²) in [6.07, 6.45) is 0.507. The summed E-state index contributed by atoms with van der Waals surface area (Å²) in [6.45, 7) is 1.85. The summed E-state index contributed by atoms with van der Waals surface area (Å²) < 4.78 is 35.0. The maximum Gasteiger partial charge on any atom is 0.339 e. The first-order valence-corrected chi connectivity index (χ1v) is 8.41. The van der Waals surface area contributed by atoms with Crippen molar-refractivity contribution < 1.29 is 22.1 Å². The van der Waals surface area contributed by atoms with Gasteiger partial charge in [-0.15, -0.1) is 0 Å². The monoisotopic (exact) mass is 384 g/mol. The highest BCUT2D eigenvalue weighted by atomic mass is 79.9. The van der Waals surface area contributed by atoms with Crippen LogP contribution in [-0.2, 0) is 10.1 Å². The lowest BCUT2D eigenvalue weighted by molar-refractivity contribution is 0.112. The standard InChI is InChI=1S/C15H13BrO5S/c1-10-3-5-13(6-4-10)22(18,19)21-15-11(9-17)7-12(20-2)8-14(15)16/h3-9H,1-2H3. The first-order chi connectivity index (χ1) is 10.4. The van der Waals surface area contributed by atoms with Crippen LogP contribution < -0.4 is 8.92 Å². The fourth-order valence-corrected chi connectivity index (χ4v) is 3.36. The molecule has 0 aliphatic rings. The molecule has 5 nitrogen and oxygen atoms in total. The van der Waals surface area contributed by atoms with E-state index in [0.29, 0.717) is 16.5 Å². The molecule has 0 aliphatic heterocycles. The molecule has 22 heavy (non-hydrogen) atoms. The van der Waals surface area contributed by atoms with Crippen LogP contribution in [0.25, 0.3) is 0 Å². The quantitative estimate of drug-likeness (QED) is 0.583. The minimum Gasteiger partial charge on any atom is -0.497 e. The van der Waals surface area contributed by atoms with Crippen LogP contribution in [-0.4, -0.2) is 21.8 Å². The van der Waals surface area contributed by atoms with Crippen LogP contribution in [0.4, 0.5) is 0 Å². The van der Waals surface area contributed by atoms with Gasteiger partial charge in [0.25, 0.3) is 0 Å². The third-order valence-corrected chi connectivity index (χ3v) is 4.74. The summed E-state index contributed by atoms with van der Waals surface area (Å²) in [4.78, 5) is 11.2. The SMILES string of the molecule is COc1cc(Br)c(OS(=O)(=O)c2ccc(C)cc2)c(C=O)c1. The van der Waals surface area contributed by atoms with Crippen molar-refractivity contribution in [1.82, 2.24) is 0 Å². The van der Waals surface area contributed by atoms with Gasteiger partial charge in [0, 0.05) is 0 Å². The fourth-order valence-electron chi connectivity index (χ4n) is 1.74. The van der Waals surface area contributed by atoms with Crippen LogP contribution >= 0.6 is 15.9 Å². The van der Waals surface area contributed by atoms with Gasteiger partial charge in [-0.1, -0.05) is 17.7 Å². The summed E-state index contributed by atoms with van der Waals surface area (Å²) in [5, 5.41) is 0. The molecule has 0 saturated heterocycles. The van der Waals surface area contributed by atoms with Crippen molar-refractivity contribution in [3.05, 3.63) is 52.0 Å². The molecule has 0 N–H and O–H groups in total. The zero-order valence-corrected chi connectivity index (χ0v) is 14.3. The van der Waals surface area contributed by atoms with E-state index in [4.69, 9.17) is 8.92 Å². The van der Waals surface area contributed by atoms with Gasteiger partial charge in [-0.2, -0.15) is 8.42 Å². The molecule has 2 aromatic carbocycles. The number of aryl methyl sites for hydroxylation is 1. The number of ether oxygens (including phenoxy) is 1. The molecule has 0 radical (unpaired) electrons. The highest BCUT2D eigenvalue weighted by Crippen LogP contribution is 2.34. The zero-order chi connectivity index (χ0) is 16.3. The molecule has 0 saturated carbocycles. The lowest BCUT2D eigenvalue weighted by Gasteiger charge is -2.12. The molecular formula is C15H13BrO5S. The van der Waals surface area contributed by atoms with Crippen LogP contribution in [0.5, 0.6) is 11.5 Å². The molecule has 0 fully saturated rings. The molecule has 0 aromatic heterocycles. The van der Waals surface area contributed by atoms with Gasteiger partial charge in [-0.3, -0.25) is 4.79 Å². The number of carbonyl (C=O) groups is 1. The topological polar surface area (TPSA) is 69.7 Å². The Kier molecular flexibility index (Phi) is 4.87. The summed E-state index contributed by atoms with van der Waals surface area (Å²) in [6, 6.07) is 9.15. The third-order valence-electron chi connectivity index (χ3n) is 2.91. The van der Waals surface area contributed by atoms with Crippen LogP contribution in [0.15, 0.2) is 45.8 Å². The van der Waals surface area contributed by atoms with Gasteiger partial charge < -0.3 is 8.92 Å². The second-order valence-electron chi connectivity index (χ2n) is 4.50. The average molecular weight is 385 g/mol. The van der Waals surface area contributed by atoms with Crippen LogP contribution in [0.1, 0.15) is 15.9 Å². The van der Waals surface area contributed by atoms with Crippen molar-refractivity contribution >= 4 is 32.3 Å². The summed E-state index contributed by atoms with van der Waals surface area (Å²) in [7, 11) is -2.59. The van der Waals surface area contributed by atoms with Crippen molar-refractivity contribution in [2.24, 2.45) is 0 Å². The highest BCUT2D eigenvalue weighted by Gasteiger charge is 2.21. The van der Waals surface area contributed by atoms with Crippen LogP contribution in [0.3, 0.4) is 0 Å². The van der Waals surface area contributed by atoms with E-state index in [0.717, 1.165) is 5.56 Å². The Bertz CT molecular complexity index is 797. The number of carbonyl (C=O) groups excluding carboxylic acids is 1. The molecule has 0 heterocycles. The normalized spacial score (nSPS) is 11.0. The largest absolute Gasteiger partial charge is 0.497 e. The van der Waals surface area contributed by atoms with Gasteiger partial charge in [0.15, 0.2) is 12.0 Å². The Balaban J connectivity index is 2.45. The number of hydrogen-bond acceptors (Lipinski definition) is 5. The summed E-state index contributed by atoms with van der Waals surface area (Å²) >= 11 is 3.19. The molecule has 0 unspecified atom stereocenters. The number of rotatable bonds is 5. The van der Waals surface area contributed by atoms with E-state index in [9.17, 15) is 13.2 Å². The van der Waals surface area contributed by atoms with Crippen molar-refractivity contribution in [3.8, 4) is 11.5 Å². The van der Waals surface area contributed by atoms with E-state index in [-0.39, 0.29) is 16.2 Å². The molecular weight excluding hydrogens is 372 g/mol.